The molecule has 3 heteroatoms. The van der Waals surface area contributed by atoms with Gasteiger partial charge in [-0.3, -0.25) is 0 Å². The Balaban J connectivity index is 1.87. The molecule has 0 radical (unpaired) electrons. The van der Waals surface area contributed by atoms with Crippen molar-refractivity contribution in [2.75, 3.05) is 6.54 Å². The van der Waals surface area contributed by atoms with Gasteiger partial charge in [-0.05, 0) is 43.0 Å². The van der Waals surface area contributed by atoms with E-state index in [1.54, 1.807) is 6.07 Å². The highest BCUT2D eigenvalue weighted by atomic mass is 19.1. The van der Waals surface area contributed by atoms with Gasteiger partial charge < -0.3 is 10.5 Å². The zero-order valence-electron chi connectivity index (χ0n) is 9.36. The lowest BCUT2D eigenvalue weighted by Crippen LogP contribution is -2.25. The summed E-state index contributed by atoms with van der Waals surface area (Å²) >= 11 is 0. The fourth-order valence-electron chi connectivity index (χ4n) is 2.32. The molecule has 1 aromatic carbocycles. The van der Waals surface area contributed by atoms with Gasteiger partial charge in [-0.25, -0.2) is 4.39 Å². The van der Waals surface area contributed by atoms with Gasteiger partial charge in [-0.2, -0.15) is 0 Å². The quantitative estimate of drug-likeness (QED) is 0.851. The number of nitrogens with two attached hydrogens (primary N) is 1. The third kappa shape index (κ3) is 2.80. The van der Waals surface area contributed by atoms with E-state index in [9.17, 15) is 4.39 Å². The molecule has 2 nitrogen and oxygen atoms in total. The molecule has 1 aliphatic carbocycles. The summed E-state index contributed by atoms with van der Waals surface area (Å²) in [6, 6.07) is 6.56. The van der Waals surface area contributed by atoms with Gasteiger partial charge in [-0.1, -0.05) is 18.6 Å². The van der Waals surface area contributed by atoms with Crippen molar-refractivity contribution < 1.29 is 9.13 Å². The van der Waals surface area contributed by atoms with E-state index in [2.05, 4.69) is 0 Å². The molecular weight excluding hydrogens is 205 g/mol. The smallest absolute Gasteiger partial charge is 0.123 e. The summed E-state index contributed by atoms with van der Waals surface area (Å²) in [6.45, 7) is 1.17. The predicted molar refractivity (Wildman–Crippen MR) is 61.4 cm³/mol. The topological polar surface area (TPSA) is 35.2 Å². The highest BCUT2D eigenvalue weighted by Crippen LogP contribution is 2.28. The molecule has 0 spiro atoms. The maximum absolute atomic E-state index is 12.9. The van der Waals surface area contributed by atoms with E-state index < -0.39 is 0 Å². The minimum atomic E-state index is -0.206. The molecule has 1 aliphatic rings. The van der Waals surface area contributed by atoms with Crippen LogP contribution in [-0.2, 0) is 11.3 Å². The molecule has 0 saturated heterocycles. The summed E-state index contributed by atoms with van der Waals surface area (Å²) in [5, 5.41) is 0. The van der Waals surface area contributed by atoms with Gasteiger partial charge >= 0.3 is 0 Å². The van der Waals surface area contributed by atoms with E-state index >= 15 is 0 Å². The molecule has 0 aliphatic heterocycles. The molecule has 88 valence electrons. The van der Waals surface area contributed by atoms with Gasteiger partial charge in [0.2, 0.25) is 0 Å². The van der Waals surface area contributed by atoms with Crippen LogP contribution >= 0.6 is 0 Å². The highest BCUT2D eigenvalue weighted by Gasteiger charge is 2.26. The Hall–Kier alpha value is -0.930. The lowest BCUT2D eigenvalue weighted by molar-refractivity contribution is 0.0181. The van der Waals surface area contributed by atoms with Crippen LogP contribution in [0.1, 0.15) is 24.8 Å². The third-order valence-corrected chi connectivity index (χ3v) is 3.25. The minimum absolute atomic E-state index is 0.206. The van der Waals surface area contributed by atoms with Gasteiger partial charge in [0.15, 0.2) is 0 Å². The fraction of sp³-hybridized carbons (Fsp3) is 0.538. The maximum Gasteiger partial charge on any atom is 0.123 e. The molecule has 0 bridgehead atoms. The van der Waals surface area contributed by atoms with Crippen LogP contribution in [0.4, 0.5) is 4.39 Å². The number of hydrogen-bond donors (Lipinski definition) is 1. The zero-order valence-corrected chi connectivity index (χ0v) is 9.36. The number of halogens is 1. The molecule has 1 saturated carbocycles. The molecule has 2 N–H and O–H groups in total. The van der Waals surface area contributed by atoms with Crippen LogP contribution in [-0.4, -0.2) is 12.6 Å². The molecule has 16 heavy (non-hydrogen) atoms. The van der Waals surface area contributed by atoms with Crippen LogP contribution in [0.3, 0.4) is 0 Å². The van der Waals surface area contributed by atoms with Crippen LogP contribution in [0, 0.1) is 11.7 Å². The van der Waals surface area contributed by atoms with Crippen molar-refractivity contribution in [3.05, 3.63) is 35.6 Å². The van der Waals surface area contributed by atoms with E-state index in [4.69, 9.17) is 10.5 Å². The largest absolute Gasteiger partial charge is 0.373 e. The van der Waals surface area contributed by atoms with Crippen LogP contribution < -0.4 is 5.73 Å². The van der Waals surface area contributed by atoms with E-state index in [0.717, 1.165) is 18.4 Å². The predicted octanol–water partition coefficient (Wildman–Crippen LogP) is 2.47. The van der Waals surface area contributed by atoms with Crippen molar-refractivity contribution in [2.24, 2.45) is 11.7 Å². The second-order valence-electron chi connectivity index (χ2n) is 4.41. The monoisotopic (exact) mass is 223 g/mol. The van der Waals surface area contributed by atoms with Crippen LogP contribution in [0.25, 0.3) is 0 Å². The van der Waals surface area contributed by atoms with Gasteiger partial charge in [0.05, 0.1) is 12.7 Å². The second-order valence-corrected chi connectivity index (χ2v) is 4.41. The van der Waals surface area contributed by atoms with Crippen LogP contribution in [0.15, 0.2) is 24.3 Å². The van der Waals surface area contributed by atoms with Crippen molar-refractivity contribution >= 4 is 0 Å². The van der Waals surface area contributed by atoms with E-state index in [-0.39, 0.29) is 11.9 Å². The standard InChI is InChI=1S/C13H18FNO/c14-12-5-1-3-10(7-12)9-16-13-6-2-4-11(13)8-15/h1,3,5,7,11,13H,2,4,6,8-9,15H2. The maximum atomic E-state index is 12.9. The first kappa shape index (κ1) is 11.6. The second kappa shape index (κ2) is 5.41. The molecule has 0 heterocycles. The summed E-state index contributed by atoms with van der Waals surface area (Å²) in [6.07, 6.45) is 3.69. The number of hydrogen-bond acceptors (Lipinski definition) is 2. The molecule has 2 unspecified atom stereocenters. The molecule has 0 aromatic heterocycles. The van der Waals surface area contributed by atoms with E-state index in [1.807, 2.05) is 6.07 Å². The minimum Gasteiger partial charge on any atom is -0.373 e. The highest BCUT2D eigenvalue weighted by molar-refractivity contribution is 5.15. The lowest BCUT2D eigenvalue weighted by atomic mass is 10.1. The Morgan fingerprint density at radius 2 is 2.25 bits per heavy atom. The van der Waals surface area contributed by atoms with E-state index in [0.29, 0.717) is 19.1 Å². The first-order valence-electron chi connectivity index (χ1n) is 5.85. The van der Waals surface area contributed by atoms with Gasteiger partial charge in [0.25, 0.3) is 0 Å². The third-order valence-electron chi connectivity index (χ3n) is 3.25. The Kier molecular flexibility index (Phi) is 3.91. The van der Waals surface area contributed by atoms with Crippen LogP contribution in [0.2, 0.25) is 0 Å². The summed E-state index contributed by atoms with van der Waals surface area (Å²) in [5.74, 6) is 0.274. The molecule has 0 amide bonds. The first-order valence-corrected chi connectivity index (χ1v) is 5.85. The Labute approximate surface area is 95.6 Å². The zero-order chi connectivity index (χ0) is 11.4. The molecule has 2 rings (SSSR count). The van der Waals surface area contributed by atoms with Crippen molar-refractivity contribution in [1.29, 1.82) is 0 Å². The van der Waals surface area contributed by atoms with E-state index in [1.165, 1.54) is 18.6 Å². The summed E-state index contributed by atoms with van der Waals surface area (Å²) in [7, 11) is 0. The number of ether oxygens (including phenoxy) is 1. The van der Waals surface area contributed by atoms with Crippen molar-refractivity contribution in [2.45, 2.75) is 32.0 Å². The number of benzene rings is 1. The molecular formula is C13H18FNO. The van der Waals surface area contributed by atoms with Crippen molar-refractivity contribution in [1.82, 2.24) is 0 Å². The average molecular weight is 223 g/mol. The normalized spacial score (nSPS) is 24.9. The Morgan fingerprint density at radius 3 is 3.00 bits per heavy atom. The van der Waals surface area contributed by atoms with Gasteiger partial charge in [-0.15, -0.1) is 0 Å². The van der Waals surface area contributed by atoms with Gasteiger partial charge in [0.1, 0.15) is 5.82 Å². The van der Waals surface area contributed by atoms with Crippen molar-refractivity contribution in [3.63, 3.8) is 0 Å². The summed E-state index contributed by atoms with van der Waals surface area (Å²) < 4.78 is 18.7. The Morgan fingerprint density at radius 1 is 1.38 bits per heavy atom. The Bertz CT molecular complexity index is 342. The molecule has 2 atom stereocenters. The molecule has 1 fully saturated rings. The lowest BCUT2D eigenvalue weighted by Gasteiger charge is -2.18. The number of rotatable bonds is 4. The first-order chi connectivity index (χ1) is 7.79. The van der Waals surface area contributed by atoms with Crippen LogP contribution in [0.5, 0.6) is 0 Å². The fourth-order valence-corrected chi connectivity index (χ4v) is 2.32. The average Bonchev–Trinajstić information content (AvgIpc) is 2.74. The summed E-state index contributed by atoms with van der Waals surface area (Å²) in [5.41, 5.74) is 6.57. The van der Waals surface area contributed by atoms with Gasteiger partial charge in [0, 0.05) is 0 Å². The SMILES string of the molecule is NCC1CCCC1OCc1cccc(F)c1. The molecule has 1 aromatic rings. The summed E-state index contributed by atoms with van der Waals surface area (Å²) in [4.78, 5) is 0. The van der Waals surface area contributed by atoms with Crippen molar-refractivity contribution in [3.8, 4) is 0 Å².